The van der Waals surface area contributed by atoms with Gasteiger partial charge in [0.15, 0.2) is 0 Å². The van der Waals surface area contributed by atoms with Crippen LogP contribution in [0.5, 0.6) is 11.5 Å². The molecule has 0 spiro atoms. The average Bonchev–Trinajstić information content (AvgIpc) is 3.04. The number of carbonyl (C=O) groups is 2. The molecule has 0 saturated carbocycles. The number of nitrogens with zero attached hydrogens (tertiary/aromatic N) is 1. The number of anilines is 2. The van der Waals surface area contributed by atoms with Gasteiger partial charge >= 0.3 is 0 Å². The fraction of sp³-hybridized carbons (Fsp3) is 0.154. The molecule has 3 aromatic rings. The topological polar surface area (TPSA) is 67.9 Å². The van der Waals surface area contributed by atoms with Crippen LogP contribution in [0.1, 0.15) is 16.7 Å². The molecule has 0 unspecified atom stereocenters. The van der Waals surface area contributed by atoms with Gasteiger partial charge in [-0.3, -0.25) is 9.59 Å². The normalized spacial score (nSPS) is 13.6. The summed E-state index contributed by atoms with van der Waals surface area (Å²) in [7, 11) is 3.03. The minimum absolute atomic E-state index is 0.228. The summed E-state index contributed by atoms with van der Waals surface area (Å²) in [6.45, 7) is 3.92. The summed E-state index contributed by atoms with van der Waals surface area (Å²) >= 11 is 0. The molecular weight excluding hydrogens is 404 g/mol. The number of para-hydroxylation sites is 1. The van der Waals surface area contributed by atoms with E-state index in [-0.39, 0.29) is 5.70 Å². The molecule has 2 amide bonds. The van der Waals surface area contributed by atoms with Crippen molar-refractivity contribution in [1.82, 2.24) is 0 Å². The van der Waals surface area contributed by atoms with E-state index in [0.717, 1.165) is 21.7 Å². The van der Waals surface area contributed by atoms with Gasteiger partial charge in [0.05, 0.1) is 25.5 Å². The minimum Gasteiger partial charge on any atom is -0.497 e. The van der Waals surface area contributed by atoms with E-state index in [1.807, 2.05) is 62.4 Å². The van der Waals surface area contributed by atoms with Crippen molar-refractivity contribution in [2.24, 2.45) is 0 Å². The van der Waals surface area contributed by atoms with E-state index in [9.17, 15) is 9.59 Å². The highest BCUT2D eigenvalue weighted by Gasteiger charge is 2.41. The molecule has 4 rings (SSSR count). The first-order chi connectivity index (χ1) is 15.4. The summed E-state index contributed by atoms with van der Waals surface area (Å²) in [5.74, 6) is 0.0665. The van der Waals surface area contributed by atoms with Crippen LogP contribution in [0.2, 0.25) is 0 Å². The lowest BCUT2D eigenvalue weighted by Crippen LogP contribution is -2.32. The molecule has 1 N–H and O–H groups in total. The standard InChI is InChI=1S/C26H24N2O4/c1-16-9-11-18(12-10-16)23-24(27-20-8-6-5-7-17(20)2)26(30)28(25(23)29)21-14-13-19(31-3)15-22(21)32-4/h5-15,27H,1-4H3. The van der Waals surface area contributed by atoms with Crippen LogP contribution in [0.3, 0.4) is 0 Å². The molecule has 0 aliphatic carbocycles. The van der Waals surface area contributed by atoms with E-state index < -0.39 is 11.8 Å². The van der Waals surface area contributed by atoms with Crippen molar-refractivity contribution >= 4 is 28.8 Å². The van der Waals surface area contributed by atoms with E-state index in [2.05, 4.69) is 5.32 Å². The second kappa shape index (κ2) is 8.59. The SMILES string of the molecule is COc1ccc(N2C(=O)C(Nc3ccccc3C)=C(c3ccc(C)cc3)C2=O)c(OC)c1. The second-order valence-electron chi connectivity index (χ2n) is 7.54. The van der Waals surface area contributed by atoms with E-state index >= 15 is 0 Å². The molecule has 3 aromatic carbocycles. The molecule has 0 saturated heterocycles. The Morgan fingerprint density at radius 3 is 2.19 bits per heavy atom. The van der Waals surface area contributed by atoms with Gasteiger partial charge in [0.2, 0.25) is 0 Å². The zero-order valence-corrected chi connectivity index (χ0v) is 18.4. The van der Waals surface area contributed by atoms with Crippen molar-refractivity contribution in [2.75, 3.05) is 24.4 Å². The van der Waals surface area contributed by atoms with Crippen molar-refractivity contribution in [3.05, 3.63) is 89.1 Å². The Kier molecular flexibility index (Phi) is 5.69. The molecule has 162 valence electrons. The summed E-state index contributed by atoms with van der Waals surface area (Å²) in [5, 5.41) is 3.21. The summed E-state index contributed by atoms with van der Waals surface area (Å²) < 4.78 is 10.7. The number of nitrogens with one attached hydrogen (secondary N) is 1. The monoisotopic (exact) mass is 428 g/mol. The minimum atomic E-state index is -0.447. The summed E-state index contributed by atoms with van der Waals surface area (Å²) in [4.78, 5) is 28.4. The smallest absolute Gasteiger partial charge is 0.282 e. The first kappa shape index (κ1) is 21.2. The van der Waals surface area contributed by atoms with Gasteiger partial charge in [0, 0.05) is 11.8 Å². The molecule has 1 heterocycles. The van der Waals surface area contributed by atoms with E-state index in [1.54, 1.807) is 25.3 Å². The lowest BCUT2D eigenvalue weighted by Gasteiger charge is -2.19. The highest BCUT2D eigenvalue weighted by molar-refractivity contribution is 6.46. The molecule has 1 aliphatic heterocycles. The van der Waals surface area contributed by atoms with Crippen LogP contribution in [-0.4, -0.2) is 26.0 Å². The third kappa shape index (κ3) is 3.71. The fourth-order valence-electron chi connectivity index (χ4n) is 3.67. The number of ether oxygens (including phenoxy) is 2. The van der Waals surface area contributed by atoms with E-state index in [4.69, 9.17) is 9.47 Å². The van der Waals surface area contributed by atoms with Crippen molar-refractivity contribution < 1.29 is 19.1 Å². The molecule has 6 nitrogen and oxygen atoms in total. The summed E-state index contributed by atoms with van der Waals surface area (Å²) in [5.41, 5.74) is 4.35. The number of rotatable bonds is 6. The molecule has 0 aromatic heterocycles. The molecule has 0 atom stereocenters. The van der Waals surface area contributed by atoms with Crippen LogP contribution in [0.15, 0.2) is 72.4 Å². The number of methoxy groups -OCH3 is 2. The van der Waals surface area contributed by atoms with Crippen LogP contribution >= 0.6 is 0 Å². The third-order valence-electron chi connectivity index (χ3n) is 5.46. The lowest BCUT2D eigenvalue weighted by atomic mass is 10.0. The quantitative estimate of drug-likeness (QED) is 0.576. The molecule has 1 aliphatic rings. The molecule has 0 fully saturated rings. The Morgan fingerprint density at radius 1 is 0.812 bits per heavy atom. The molecule has 0 radical (unpaired) electrons. The Bertz CT molecular complexity index is 1230. The van der Waals surface area contributed by atoms with Gasteiger partial charge in [-0.05, 0) is 43.2 Å². The Labute approximate surface area is 187 Å². The number of benzene rings is 3. The Morgan fingerprint density at radius 2 is 1.53 bits per heavy atom. The highest BCUT2D eigenvalue weighted by Crippen LogP contribution is 2.39. The van der Waals surface area contributed by atoms with Crippen molar-refractivity contribution in [3.63, 3.8) is 0 Å². The number of aryl methyl sites for hydroxylation is 2. The largest absolute Gasteiger partial charge is 0.497 e. The Balaban J connectivity index is 1.85. The number of amides is 2. The lowest BCUT2D eigenvalue weighted by molar-refractivity contribution is -0.120. The zero-order chi connectivity index (χ0) is 22.8. The van der Waals surface area contributed by atoms with Crippen molar-refractivity contribution in [2.45, 2.75) is 13.8 Å². The molecular formula is C26H24N2O4. The third-order valence-corrected chi connectivity index (χ3v) is 5.46. The average molecular weight is 428 g/mol. The van der Waals surface area contributed by atoms with Crippen LogP contribution in [0.4, 0.5) is 11.4 Å². The van der Waals surface area contributed by atoms with Gasteiger partial charge in [-0.15, -0.1) is 0 Å². The zero-order valence-electron chi connectivity index (χ0n) is 18.4. The van der Waals surface area contributed by atoms with Crippen molar-refractivity contribution in [3.8, 4) is 11.5 Å². The van der Waals surface area contributed by atoms with Crippen LogP contribution in [-0.2, 0) is 9.59 Å². The van der Waals surface area contributed by atoms with Crippen LogP contribution in [0, 0.1) is 13.8 Å². The van der Waals surface area contributed by atoms with Gasteiger partial charge < -0.3 is 14.8 Å². The van der Waals surface area contributed by atoms with Gasteiger partial charge in [-0.1, -0.05) is 48.0 Å². The second-order valence-corrected chi connectivity index (χ2v) is 7.54. The maximum absolute atomic E-state index is 13.6. The van der Waals surface area contributed by atoms with Crippen LogP contribution in [0.25, 0.3) is 5.57 Å². The Hall–Kier alpha value is -4.06. The first-order valence-electron chi connectivity index (χ1n) is 10.2. The molecule has 32 heavy (non-hydrogen) atoms. The van der Waals surface area contributed by atoms with Gasteiger partial charge in [0.1, 0.15) is 17.2 Å². The summed E-state index contributed by atoms with van der Waals surface area (Å²) in [6, 6.07) is 20.2. The maximum atomic E-state index is 13.6. The van der Waals surface area contributed by atoms with Gasteiger partial charge in [-0.25, -0.2) is 4.90 Å². The van der Waals surface area contributed by atoms with Gasteiger partial charge in [-0.2, -0.15) is 0 Å². The predicted octanol–water partition coefficient (Wildman–Crippen LogP) is 4.72. The number of carbonyl (C=O) groups excluding carboxylic acids is 2. The van der Waals surface area contributed by atoms with E-state index in [0.29, 0.717) is 28.3 Å². The number of hydrogen-bond acceptors (Lipinski definition) is 5. The summed E-state index contributed by atoms with van der Waals surface area (Å²) in [6.07, 6.45) is 0. The highest BCUT2D eigenvalue weighted by atomic mass is 16.5. The number of hydrogen-bond donors (Lipinski definition) is 1. The van der Waals surface area contributed by atoms with Crippen molar-refractivity contribution in [1.29, 1.82) is 0 Å². The first-order valence-corrected chi connectivity index (χ1v) is 10.2. The van der Waals surface area contributed by atoms with Crippen LogP contribution < -0.4 is 19.7 Å². The fourth-order valence-corrected chi connectivity index (χ4v) is 3.67. The van der Waals surface area contributed by atoms with E-state index in [1.165, 1.54) is 7.11 Å². The molecule has 6 heteroatoms. The molecule has 0 bridgehead atoms. The number of imide groups is 1. The van der Waals surface area contributed by atoms with Gasteiger partial charge in [0.25, 0.3) is 11.8 Å². The predicted molar refractivity (Wildman–Crippen MR) is 125 cm³/mol. The maximum Gasteiger partial charge on any atom is 0.282 e.